The summed E-state index contributed by atoms with van der Waals surface area (Å²) in [6.07, 6.45) is 63.2. The van der Waals surface area contributed by atoms with Crippen LogP contribution in [0.5, 0.6) is 0 Å². The zero-order chi connectivity index (χ0) is 83.0. The van der Waals surface area contributed by atoms with Crippen molar-refractivity contribution in [2.45, 2.75) is 394 Å². The first-order valence-corrected chi connectivity index (χ1v) is 53.3. The molecule has 6 unspecified atom stereocenters. The molecule has 19 heteroatoms. The number of carbonyl (C=O) groups is 2. The smallest absolute Gasteiger partial charge is 0.317 e. The van der Waals surface area contributed by atoms with E-state index in [9.17, 15) is 23.1 Å². The lowest BCUT2D eigenvalue weighted by atomic mass is 9.73. The lowest BCUT2D eigenvalue weighted by Gasteiger charge is -2.54. The fourth-order valence-corrected chi connectivity index (χ4v) is 31.0. The predicted octanol–water partition coefficient (Wildman–Crippen LogP) is 19.5. The largest absolute Gasteiger partial charge is 0.480 e. The molecule has 6 aliphatic carbocycles. The van der Waals surface area contributed by atoms with Crippen LogP contribution in [0.3, 0.4) is 0 Å². The summed E-state index contributed by atoms with van der Waals surface area (Å²) in [5, 5.41) is 9.34. The van der Waals surface area contributed by atoms with E-state index in [-0.39, 0.29) is 12.5 Å². The Hall–Kier alpha value is -5.28. The van der Waals surface area contributed by atoms with E-state index in [4.69, 9.17) is 15.0 Å². The van der Waals surface area contributed by atoms with Crippen LogP contribution in [-0.2, 0) is 38.7 Å². The van der Waals surface area contributed by atoms with Gasteiger partial charge >= 0.3 is 5.97 Å². The van der Waals surface area contributed by atoms with Gasteiger partial charge in [0, 0.05) is 130 Å². The summed E-state index contributed by atoms with van der Waals surface area (Å²) in [5.74, 6) is 10.0. The quantitative estimate of drug-likeness (QED) is 0.0682. The number of carboxylic acid groups (broad SMARTS) is 1. The number of hydrogen-bond acceptors (Lipinski definition) is 13. The highest BCUT2D eigenvalue weighted by Gasteiger charge is 2.50. The molecular weight excluding hydrogens is 1530 g/mol. The number of imidazole rings is 3. The van der Waals surface area contributed by atoms with E-state index in [1.807, 2.05) is 4.90 Å². The molecule has 15 fully saturated rings. The lowest BCUT2D eigenvalue weighted by Crippen LogP contribution is -2.58. The molecule has 15 aliphatic rings. The highest BCUT2D eigenvalue weighted by Crippen LogP contribution is 2.53. The third-order valence-electron chi connectivity index (χ3n) is 35.1. The fraction of sp³-hybridized carbons (Fsp3) is 0.777. The van der Waals surface area contributed by atoms with Crippen molar-refractivity contribution in [1.29, 1.82) is 0 Å². The number of fused-ring (bicyclic) bond motifs is 15. The molecule has 18 nitrogen and oxygen atoms in total. The molecule has 12 bridgehead atoms. The van der Waals surface area contributed by atoms with Gasteiger partial charge in [0.15, 0.2) is 0 Å². The van der Waals surface area contributed by atoms with Crippen molar-refractivity contribution in [1.82, 2.24) is 63.0 Å². The topological polar surface area (TPSA) is 165 Å². The average molecular weight is 1690 g/mol. The van der Waals surface area contributed by atoms with Gasteiger partial charge in [-0.25, -0.2) is 23.4 Å². The monoisotopic (exact) mass is 1690 g/mol. The van der Waals surface area contributed by atoms with Gasteiger partial charge in [-0.2, -0.15) is 0 Å². The number of sulfone groups is 1. The molecule has 1 amide bonds. The van der Waals surface area contributed by atoms with E-state index in [1.165, 1.54) is 304 Å². The minimum Gasteiger partial charge on any atom is -0.480 e. The fourth-order valence-electron chi connectivity index (χ4n) is 30.3. The number of carbonyl (C=O) groups excluding carboxylic acids is 1. The second-order valence-corrected chi connectivity index (χ2v) is 45.4. The second-order valence-electron chi connectivity index (χ2n) is 43.1. The third-order valence-corrected chi connectivity index (χ3v) is 36.2. The number of piperidine rings is 7. The van der Waals surface area contributed by atoms with Gasteiger partial charge in [-0.3, -0.25) is 39.0 Å². The van der Waals surface area contributed by atoms with Crippen LogP contribution in [0.2, 0.25) is 0 Å². The predicted molar refractivity (Wildman–Crippen MR) is 492 cm³/mol. The van der Waals surface area contributed by atoms with Crippen molar-refractivity contribution < 1.29 is 23.1 Å². The van der Waals surface area contributed by atoms with E-state index in [0.717, 1.165) is 184 Å². The Bertz CT molecular complexity index is 4510. The maximum Gasteiger partial charge on any atom is 0.317 e. The number of aliphatic carboxylic acids is 1. The standard InChI is InChI=1S/C36H55N5O.C34H52N4O2S.C33H48N4O2/c1-3-38(4-2)36(42)25-39-18-10-15-28(39)24-35-37-33-16-7-8-17-34(33)41(35)32-22-29-13-9-14-30(23-32)40(29)31-20-26-11-5-6-12-27(19-26)21-31;1-41(39,40)18-8-17-36-16-7-13-27(36)24-34-35-32-14-4-5-15-33(32)38(34)31-22-28-11-6-12-29(23-31)37(28)30-20-25-9-2-3-10-26(19-25)21-30;38-33(39)22-35-14-6-9-25(21-35)18-32-34-30-12-3-4-13-31(30)37(32)29-19-26-10-5-11-27(20-29)36(26)28-16-23-7-1-2-8-24(15-23)17-28/h7-8,16-17,26-32H,3-6,9-15,18-25H2,1-2H3;4-5,14-15,25-31H,2-3,6-13,16-24H2,1H3;3-4,12-13,23-29H,1-2,5-11,14-22H2,(H,38,39)/t26-,27+,28-,29-,30+,31?,32?;25-,26+,27-,28-,29+,30?,31?;23-,24+,25-,26-,27+,28?,29?/m000/s1. The van der Waals surface area contributed by atoms with E-state index in [2.05, 4.69) is 130 Å². The molecule has 12 heterocycles. The second kappa shape index (κ2) is 39.0. The molecule has 0 radical (unpaired) electrons. The number of para-hydroxylation sites is 6. The van der Waals surface area contributed by atoms with E-state index >= 15 is 0 Å². The van der Waals surface area contributed by atoms with E-state index in [1.54, 1.807) is 0 Å². The molecule has 0 spiro atoms. The number of amides is 1. The summed E-state index contributed by atoms with van der Waals surface area (Å²) in [6, 6.07) is 35.8. The van der Waals surface area contributed by atoms with Crippen LogP contribution in [0, 0.1) is 41.4 Å². The summed E-state index contributed by atoms with van der Waals surface area (Å²) < 4.78 is 31.5. The molecule has 3 aromatic heterocycles. The van der Waals surface area contributed by atoms with Gasteiger partial charge in [-0.15, -0.1) is 0 Å². The Morgan fingerprint density at radius 1 is 0.385 bits per heavy atom. The SMILES string of the molecule is CCN(CC)C(=O)CN1CCC[C@H]1Cc1nc2ccccc2n1C1C[C@H]2CCC[C@@H](C1)N2C1C[C@H]2CCCC[C@@H](C1)C2.CS(=O)(=O)CCCN1CCC[C@H]1Cc1nc2ccccc2n1C1C[C@H]2CCC[C@@H](C1)N2C1C[C@H]2CCCC[C@@H](C1)C2.O=C(O)CN1CCC[C@@H](Cc2nc3ccccc3n2C2C[C@H]3CCC[C@@H](C2)N3C2C[C@H]3CCCC[C@@H](C2)C3)C1. The Morgan fingerprint density at radius 3 is 1.11 bits per heavy atom. The number of hydrogen-bond donors (Lipinski definition) is 1. The van der Waals surface area contributed by atoms with Crippen molar-refractivity contribution in [3.63, 3.8) is 0 Å². The van der Waals surface area contributed by atoms with Gasteiger partial charge in [-0.1, -0.05) is 133 Å². The Morgan fingerprint density at radius 2 is 0.738 bits per heavy atom. The van der Waals surface area contributed by atoms with Crippen molar-refractivity contribution in [3.05, 3.63) is 90.3 Å². The van der Waals surface area contributed by atoms with Crippen molar-refractivity contribution >= 4 is 54.8 Å². The minimum atomic E-state index is -2.90. The number of likely N-dealkylation sites (tertiary alicyclic amines) is 3. The molecule has 668 valence electrons. The Balaban J connectivity index is 0.000000121. The minimum absolute atomic E-state index is 0.164. The number of aromatic nitrogens is 6. The van der Waals surface area contributed by atoms with Gasteiger partial charge in [0.25, 0.3) is 0 Å². The molecule has 6 saturated carbocycles. The van der Waals surface area contributed by atoms with Gasteiger partial charge in [-0.05, 0) is 298 Å². The molecular formula is C103H155N13O5S. The van der Waals surface area contributed by atoms with Crippen LogP contribution in [-0.4, -0.2) is 226 Å². The van der Waals surface area contributed by atoms with E-state index < -0.39 is 15.8 Å². The molecule has 9 aliphatic heterocycles. The summed E-state index contributed by atoms with van der Waals surface area (Å²) in [5.41, 5.74) is 7.40. The maximum absolute atomic E-state index is 13.0. The van der Waals surface area contributed by atoms with Gasteiger partial charge in [0.05, 0.1) is 51.9 Å². The molecule has 21 atom stereocenters. The number of nitrogens with zero attached hydrogens (tertiary/aromatic N) is 13. The van der Waals surface area contributed by atoms with Crippen molar-refractivity contribution in [2.24, 2.45) is 41.4 Å². The molecule has 1 N–H and O–H groups in total. The van der Waals surface area contributed by atoms with Crippen LogP contribution in [0.1, 0.15) is 326 Å². The zero-order valence-corrected chi connectivity index (χ0v) is 76.3. The molecule has 9 saturated heterocycles. The van der Waals surface area contributed by atoms with Gasteiger partial charge < -0.3 is 23.7 Å². The third kappa shape index (κ3) is 19.5. The van der Waals surface area contributed by atoms with Crippen LogP contribution < -0.4 is 0 Å². The van der Waals surface area contributed by atoms with Crippen LogP contribution in [0.15, 0.2) is 72.8 Å². The average Bonchev–Trinajstić information content (AvgIpc) is 1.37. The molecule has 122 heavy (non-hydrogen) atoms. The van der Waals surface area contributed by atoms with Crippen LogP contribution >= 0.6 is 0 Å². The van der Waals surface area contributed by atoms with Crippen molar-refractivity contribution in [3.8, 4) is 0 Å². The molecule has 21 rings (SSSR count). The molecule has 6 aromatic rings. The normalized spacial score (nSPS) is 35.0. The Kier molecular flexibility index (Phi) is 27.5. The Labute approximate surface area is 732 Å². The first kappa shape index (κ1) is 86.1. The number of benzene rings is 3. The first-order chi connectivity index (χ1) is 59.6. The highest BCUT2D eigenvalue weighted by molar-refractivity contribution is 7.90. The lowest BCUT2D eigenvalue weighted by molar-refractivity contribution is -0.138. The summed E-state index contributed by atoms with van der Waals surface area (Å²) in [4.78, 5) is 58.6. The first-order valence-electron chi connectivity index (χ1n) is 51.2. The highest BCUT2D eigenvalue weighted by atomic mass is 32.2. The summed E-state index contributed by atoms with van der Waals surface area (Å²) in [7, 11) is -2.90. The van der Waals surface area contributed by atoms with Gasteiger partial charge in [0.1, 0.15) is 27.3 Å². The molecule has 3 aromatic carbocycles. The number of carboxylic acids is 1. The zero-order valence-electron chi connectivity index (χ0n) is 75.5. The summed E-state index contributed by atoms with van der Waals surface area (Å²) >= 11 is 0. The van der Waals surface area contributed by atoms with Crippen LogP contribution in [0.25, 0.3) is 33.1 Å². The maximum atomic E-state index is 13.0. The van der Waals surface area contributed by atoms with Crippen LogP contribution in [0.4, 0.5) is 0 Å². The number of likely N-dealkylation sites (N-methyl/N-ethyl adjacent to an activating group) is 1. The van der Waals surface area contributed by atoms with E-state index in [0.29, 0.717) is 48.4 Å². The number of rotatable bonds is 22. The summed E-state index contributed by atoms with van der Waals surface area (Å²) in [6.45, 7) is 11.3. The van der Waals surface area contributed by atoms with Gasteiger partial charge in [0.2, 0.25) is 5.91 Å². The van der Waals surface area contributed by atoms with Crippen molar-refractivity contribution in [2.75, 3.05) is 70.9 Å².